The molecule has 1 heterocycles. The summed E-state index contributed by atoms with van der Waals surface area (Å²) in [5.74, 6) is 1.28. The van der Waals surface area contributed by atoms with Gasteiger partial charge >= 0.3 is 0 Å². The fourth-order valence-corrected chi connectivity index (χ4v) is 2.49. The van der Waals surface area contributed by atoms with Gasteiger partial charge in [0.25, 0.3) is 0 Å². The Hall–Kier alpha value is -0.840. The quantitative estimate of drug-likeness (QED) is 0.877. The SMILES string of the molecule is CC(NC(CO)C(C)C)c1cc2cc(Br)ccc2o1. The molecular formula is C15H20BrNO2. The van der Waals surface area contributed by atoms with E-state index in [1.165, 1.54) is 0 Å². The van der Waals surface area contributed by atoms with E-state index in [9.17, 15) is 5.11 Å². The fraction of sp³-hybridized carbons (Fsp3) is 0.467. The van der Waals surface area contributed by atoms with Gasteiger partial charge in [0.2, 0.25) is 0 Å². The summed E-state index contributed by atoms with van der Waals surface area (Å²) in [7, 11) is 0. The average molecular weight is 326 g/mol. The second-order valence-corrected chi connectivity index (χ2v) is 6.17. The molecule has 1 aromatic carbocycles. The summed E-state index contributed by atoms with van der Waals surface area (Å²) in [6.45, 7) is 6.37. The van der Waals surface area contributed by atoms with Crippen molar-refractivity contribution in [1.82, 2.24) is 5.32 Å². The largest absolute Gasteiger partial charge is 0.459 e. The minimum absolute atomic E-state index is 0.0747. The Kier molecular flexibility index (Phi) is 4.66. The van der Waals surface area contributed by atoms with Crippen molar-refractivity contribution in [3.8, 4) is 0 Å². The highest BCUT2D eigenvalue weighted by Crippen LogP contribution is 2.27. The zero-order valence-electron chi connectivity index (χ0n) is 11.5. The van der Waals surface area contributed by atoms with Crippen molar-refractivity contribution in [2.75, 3.05) is 6.61 Å². The van der Waals surface area contributed by atoms with Crippen LogP contribution in [0, 0.1) is 5.92 Å². The zero-order chi connectivity index (χ0) is 14.0. The van der Waals surface area contributed by atoms with Gasteiger partial charge in [0.1, 0.15) is 11.3 Å². The summed E-state index contributed by atoms with van der Waals surface area (Å²) >= 11 is 3.46. The molecule has 0 radical (unpaired) electrons. The van der Waals surface area contributed by atoms with Gasteiger partial charge in [-0.05, 0) is 37.1 Å². The van der Waals surface area contributed by atoms with E-state index in [-0.39, 0.29) is 18.7 Å². The Labute approximate surface area is 122 Å². The number of nitrogens with one attached hydrogen (secondary N) is 1. The van der Waals surface area contributed by atoms with Gasteiger partial charge in [0.15, 0.2) is 0 Å². The van der Waals surface area contributed by atoms with Gasteiger partial charge in [-0.1, -0.05) is 29.8 Å². The minimum Gasteiger partial charge on any atom is -0.459 e. The van der Waals surface area contributed by atoms with E-state index >= 15 is 0 Å². The van der Waals surface area contributed by atoms with Crippen molar-refractivity contribution in [1.29, 1.82) is 0 Å². The van der Waals surface area contributed by atoms with E-state index in [2.05, 4.69) is 42.0 Å². The molecule has 2 N–H and O–H groups in total. The van der Waals surface area contributed by atoms with Crippen LogP contribution in [-0.4, -0.2) is 17.8 Å². The molecule has 1 aromatic heterocycles. The van der Waals surface area contributed by atoms with Crippen LogP contribution in [0.25, 0.3) is 11.0 Å². The minimum atomic E-state index is 0.0747. The van der Waals surface area contributed by atoms with Crippen LogP contribution in [0.1, 0.15) is 32.6 Å². The van der Waals surface area contributed by atoms with Crippen molar-refractivity contribution in [3.05, 3.63) is 34.5 Å². The van der Waals surface area contributed by atoms with Gasteiger partial charge in [0.05, 0.1) is 12.6 Å². The Morgan fingerprint density at radius 1 is 1.26 bits per heavy atom. The molecule has 0 fully saturated rings. The van der Waals surface area contributed by atoms with Crippen LogP contribution >= 0.6 is 15.9 Å². The summed E-state index contributed by atoms with van der Waals surface area (Å²) < 4.78 is 6.89. The predicted molar refractivity (Wildman–Crippen MR) is 81.2 cm³/mol. The summed E-state index contributed by atoms with van der Waals surface area (Å²) in [5, 5.41) is 13.9. The fourth-order valence-electron chi connectivity index (χ4n) is 2.11. The number of hydrogen-bond donors (Lipinski definition) is 2. The third-order valence-corrected chi connectivity index (χ3v) is 3.88. The molecule has 0 saturated heterocycles. The lowest BCUT2D eigenvalue weighted by atomic mass is 10.0. The third kappa shape index (κ3) is 3.38. The molecule has 4 heteroatoms. The topological polar surface area (TPSA) is 45.4 Å². The second-order valence-electron chi connectivity index (χ2n) is 5.25. The molecule has 0 aliphatic heterocycles. The van der Waals surface area contributed by atoms with E-state index in [1.54, 1.807) is 0 Å². The number of fused-ring (bicyclic) bond motifs is 1. The molecule has 2 aromatic rings. The van der Waals surface area contributed by atoms with Crippen LogP contribution in [0.3, 0.4) is 0 Å². The van der Waals surface area contributed by atoms with Gasteiger partial charge in [-0.3, -0.25) is 0 Å². The number of halogens is 1. The Morgan fingerprint density at radius 3 is 2.63 bits per heavy atom. The number of furan rings is 1. The van der Waals surface area contributed by atoms with Gasteiger partial charge in [-0.25, -0.2) is 0 Å². The van der Waals surface area contributed by atoms with Crippen molar-refractivity contribution in [2.24, 2.45) is 5.92 Å². The molecule has 2 unspecified atom stereocenters. The summed E-state index contributed by atoms with van der Waals surface area (Å²) in [6.07, 6.45) is 0. The first-order valence-corrected chi connectivity index (χ1v) is 7.36. The molecule has 0 amide bonds. The maximum Gasteiger partial charge on any atom is 0.134 e. The number of benzene rings is 1. The molecule has 0 spiro atoms. The molecular weight excluding hydrogens is 306 g/mol. The maximum absolute atomic E-state index is 9.37. The number of hydrogen-bond acceptors (Lipinski definition) is 3. The predicted octanol–water partition coefficient (Wildman–Crippen LogP) is 3.86. The highest BCUT2D eigenvalue weighted by atomic mass is 79.9. The molecule has 104 valence electrons. The molecule has 3 nitrogen and oxygen atoms in total. The molecule has 0 bridgehead atoms. The van der Waals surface area contributed by atoms with Crippen LogP contribution in [0.5, 0.6) is 0 Å². The monoisotopic (exact) mass is 325 g/mol. The van der Waals surface area contributed by atoms with E-state index < -0.39 is 0 Å². The van der Waals surface area contributed by atoms with Gasteiger partial charge in [-0.2, -0.15) is 0 Å². The van der Waals surface area contributed by atoms with E-state index in [4.69, 9.17) is 4.42 Å². The lowest BCUT2D eigenvalue weighted by Crippen LogP contribution is -2.38. The normalized spacial score (nSPS) is 15.1. The number of rotatable bonds is 5. The van der Waals surface area contributed by atoms with Crippen LogP contribution in [-0.2, 0) is 0 Å². The number of aliphatic hydroxyl groups excluding tert-OH is 1. The Balaban J connectivity index is 2.19. The first-order chi connectivity index (χ1) is 9.01. The summed E-state index contributed by atoms with van der Waals surface area (Å²) in [6, 6.07) is 8.17. The Morgan fingerprint density at radius 2 is 2.00 bits per heavy atom. The summed E-state index contributed by atoms with van der Waals surface area (Å²) in [5.41, 5.74) is 0.886. The first kappa shape index (κ1) is 14.6. The van der Waals surface area contributed by atoms with Crippen LogP contribution in [0.2, 0.25) is 0 Å². The molecule has 2 rings (SSSR count). The van der Waals surface area contributed by atoms with Gasteiger partial charge in [-0.15, -0.1) is 0 Å². The third-order valence-electron chi connectivity index (χ3n) is 3.39. The van der Waals surface area contributed by atoms with E-state index in [1.807, 2.05) is 24.3 Å². The molecule has 0 aliphatic carbocycles. The van der Waals surface area contributed by atoms with Crippen LogP contribution < -0.4 is 5.32 Å². The molecule has 19 heavy (non-hydrogen) atoms. The highest BCUT2D eigenvalue weighted by molar-refractivity contribution is 9.10. The van der Waals surface area contributed by atoms with Crippen LogP contribution in [0.15, 0.2) is 33.2 Å². The molecule has 2 atom stereocenters. The maximum atomic E-state index is 9.37. The number of aliphatic hydroxyl groups is 1. The van der Waals surface area contributed by atoms with Crippen molar-refractivity contribution >= 4 is 26.9 Å². The van der Waals surface area contributed by atoms with E-state index in [0.717, 1.165) is 21.2 Å². The van der Waals surface area contributed by atoms with Crippen molar-refractivity contribution in [2.45, 2.75) is 32.9 Å². The van der Waals surface area contributed by atoms with Crippen LogP contribution in [0.4, 0.5) is 0 Å². The highest BCUT2D eigenvalue weighted by Gasteiger charge is 2.18. The van der Waals surface area contributed by atoms with E-state index in [0.29, 0.717) is 5.92 Å². The lowest BCUT2D eigenvalue weighted by molar-refractivity contribution is 0.197. The van der Waals surface area contributed by atoms with Crippen molar-refractivity contribution < 1.29 is 9.52 Å². The molecule has 0 saturated carbocycles. The first-order valence-electron chi connectivity index (χ1n) is 6.57. The van der Waals surface area contributed by atoms with Crippen molar-refractivity contribution in [3.63, 3.8) is 0 Å². The Bertz CT molecular complexity index is 550. The lowest BCUT2D eigenvalue weighted by Gasteiger charge is -2.23. The zero-order valence-corrected chi connectivity index (χ0v) is 13.1. The summed E-state index contributed by atoms with van der Waals surface area (Å²) in [4.78, 5) is 0. The second kappa shape index (κ2) is 6.07. The smallest absolute Gasteiger partial charge is 0.134 e. The van der Waals surface area contributed by atoms with Gasteiger partial charge in [0, 0.05) is 15.9 Å². The average Bonchev–Trinajstić information content (AvgIpc) is 2.78. The molecule has 0 aliphatic rings. The standard InChI is InChI=1S/C15H20BrNO2/c1-9(2)13(8-18)17-10(3)15-7-11-6-12(16)4-5-14(11)19-15/h4-7,9-10,13,17-18H,8H2,1-3H3. The van der Waals surface area contributed by atoms with Gasteiger partial charge < -0.3 is 14.8 Å².